The maximum Gasteiger partial charge on any atom is 0.340 e. The highest BCUT2D eigenvalue weighted by molar-refractivity contribution is 6.27. The molecule has 1 aliphatic rings. The summed E-state index contributed by atoms with van der Waals surface area (Å²) in [5.41, 5.74) is 0.0871. The molecule has 0 aliphatic carbocycles. The first-order valence-electron chi connectivity index (χ1n) is 4.83. The number of aromatic carboxylic acids is 1. The van der Waals surface area contributed by atoms with Crippen LogP contribution in [0.1, 0.15) is 15.9 Å². The zero-order valence-corrected chi connectivity index (χ0v) is 9.42. The molecule has 5 nitrogen and oxygen atoms in total. The van der Waals surface area contributed by atoms with E-state index in [2.05, 4.69) is 4.99 Å². The molecule has 0 saturated carbocycles. The summed E-state index contributed by atoms with van der Waals surface area (Å²) < 4.78 is 1.29. The van der Waals surface area contributed by atoms with Crippen molar-refractivity contribution in [2.75, 3.05) is 6.54 Å². The van der Waals surface area contributed by atoms with E-state index < -0.39 is 5.97 Å². The third kappa shape index (κ3) is 2.09. The maximum atomic E-state index is 11.1. The van der Waals surface area contributed by atoms with Crippen LogP contribution in [0.4, 0.5) is 0 Å². The molecule has 0 amide bonds. The Bertz CT molecular complexity index is 525. The number of hydrogen-bond donors (Lipinski definition) is 2. The van der Waals surface area contributed by atoms with E-state index >= 15 is 0 Å². The Morgan fingerprint density at radius 2 is 2.24 bits per heavy atom. The molecule has 0 radical (unpaired) electrons. The van der Waals surface area contributed by atoms with Crippen LogP contribution >= 0.6 is 11.8 Å². The molecule has 6 heteroatoms. The Labute approximate surface area is 102 Å². The summed E-state index contributed by atoms with van der Waals surface area (Å²) in [4.78, 5) is 15.1. The summed E-state index contributed by atoms with van der Waals surface area (Å²) >= 11 is 5.92. The highest BCUT2D eigenvalue weighted by Crippen LogP contribution is 2.24. The fourth-order valence-electron chi connectivity index (χ4n) is 1.56. The number of nitrogens with zero attached hydrogens (tertiary/aromatic N) is 2. The molecule has 1 aromatic carbocycles. The van der Waals surface area contributed by atoms with Crippen LogP contribution in [0.2, 0.25) is 0 Å². The Hall–Kier alpha value is -2.01. The molecule has 0 bridgehead atoms. The van der Waals surface area contributed by atoms with Crippen LogP contribution in [-0.2, 0) is 0 Å². The second kappa shape index (κ2) is 4.47. The number of carbonyl (C=O) groups is 1. The minimum atomic E-state index is -1.22. The topological polar surface area (TPSA) is 73.1 Å². The molecule has 1 aliphatic heterocycles. The lowest BCUT2D eigenvalue weighted by Crippen LogP contribution is -2.26. The van der Waals surface area contributed by atoms with Crippen molar-refractivity contribution in [1.29, 1.82) is 0 Å². The molecule has 2 rings (SSSR count). The van der Waals surface area contributed by atoms with E-state index in [9.17, 15) is 9.90 Å². The smallest absolute Gasteiger partial charge is 0.340 e. The highest BCUT2D eigenvalue weighted by Gasteiger charge is 2.22. The predicted molar refractivity (Wildman–Crippen MR) is 63.3 cm³/mol. The van der Waals surface area contributed by atoms with Gasteiger partial charge in [-0.1, -0.05) is 12.1 Å². The molecule has 1 heterocycles. The molecule has 88 valence electrons. The molecule has 0 aromatic heterocycles. The molecule has 0 fully saturated rings. The van der Waals surface area contributed by atoms with Crippen molar-refractivity contribution in [1.82, 2.24) is 4.42 Å². The number of aliphatic imine (C=N–C) groups is 1. The predicted octanol–water partition coefficient (Wildman–Crippen LogP) is 1.82. The van der Waals surface area contributed by atoms with Crippen molar-refractivity contribution < 1.29 is 15.0 Å². The third-order valence-corrected chi connectivity index (χ3v) is 2.59. The minimum absolute atomic E-state index is 0.202. The fourth-order valence-corrected chi connectivity index (χ4v) is 1.78. The van der Waals surface area contributed by atoms with E-state index in [0.29, 0.717) is 12.4 Å². The van der Waals surface area contributed by atoms with Gasteiger partial charge in [-0.3, -0.25) is 4.42 Å². The van der Waals surface area contributed by atoms with Gasteiger partial charge in [-0.15, -0.1) is 0 Å². The van der Waals surface area contributed by atoms with Crippen LogP contribution in [0.5, 0.6) is 5.75 Å². The van der Waals surface area contributed by atoms with Crippen LogP contribution in [0.3, 0.4) is 0 Å². The van der Waals surface area contributed by atoms with Gasteiger partial charge in [-0.2, -0.15) is 0 Å². The number of carboxylic acids is 1. The first-order valence-corrected chi connectivity index (χ1v) is 5.17. The summed E-state index contributed by atoms with van der Waals surface area (Å²) in [7, 11) is 0. The molecule has 0 saturated heterocycles. The van der Waals surface area contributed by atoms with E-state index in [0.717, 1.165) is 0 Å². The van der Waals surface area contributed by atoms with Gasteiger partial charge in [0.1, 0.15) is 11.3 Å². The number of carboxylic acid groups (broad SMARTS) is 1. The Kier molecular flexibility index (Phi) is 3.01. The van der Waals surface area contributed by atoms with Gasteiger partial charge in [0.05, 0.1) is 6.54 Å². The van der Waals surface area contributed by atoms with Crippen molar-refractivity contribution in [2.24, 2.45) is 4.99 Å². The van der Waals surface area contributed by atoms with E-state index in [4.69, 9.17) is 16.9 Å². The van der Waals surface area contributed by atoms with Crippen LogP contribution in [0.25, 0.3) is 0 Å². The number of benzene rings is 1. The SMILES string of the molecule is O=C(O)c1c(O)cccc1C1=NC=CCN1Cl. The van der Waals surface area contributed by atoms with Crippen LogP contribution in [0, 0.1) is 0 Å². The maximum absolute atomic E-state index is 11.1. The number of phenols is 1. The van der Waals surface area contributed by atoms with Crippen molar-refractivity contribution in [2.45, 2.75) is 0 Å². The molecular formula is C11H9ClN2O3. The third-order valence-electron chi connectivity index (χ3n) is 2.29. The summed E-state index contributed by atoms with van der Waals surface area (Å²) in [5, 5.41) is 18.6. The number of rotatable bonds is 2. The van der Waals surface area contributed by atoms with Gasteiger partial charge < -0.3 is 10.2 Å². The molecule has 2 N–H and O–H groups in total. The van der Waals surface area contributed by atoms with Crippen LogP contribution in [-0.4, -0.2) is 33.0 Å². The molecule has 0 atom stereocenters. The van der Waals surface area contributed by atoms with E-state index in [-0.39, 0.29) is 16.9 Å². The zero-order valence-electron chi connectivity index (χ0n) is 8.67. The number of amidine groups is 1. The van der Waals surface area contributed by atoms with Crippen molar-refractivity contribution in [3.63, 3.8) is 0 Å². The summed E-state index contributed by atoms with van der Waals surface area (Å²) in [5.74, 6) is -1.22. The van der Waals surface area contributed by atoms with Gasteiger partial charge in [0.15, 0.2) is 5.84 Å². The van der Waals surface area contributed by atoms with Crippen LogP contribution < -0.4 is 0 Å². The second-order valence-corrected chi connectivity index (χ2v) is 3.80. The first-order chi connectivity index (χ1) is 8.11. The van der Waals surface area contributed by atoms with Crippen molar-refractivity contribution in [3.05, 3.63) is 41.6 Å². The standard InChI is InChI=1S/C11H9ClN2O3/c12-14-6-2-5-13-10(14)7-3-1-4-8(15)9(7)11(16)17/h1-5,15H,6H2,(H,16,17). The zero-order chi connectivity index (χ0) is 12.4. The molecule has 1 aromatic rings. The monoisotopic (exact) mass is 252 g/mol. The molecule has 17 heavy (non-hydrogen) atoms. The number of aromatic hydroxyl groups is 1. The molecular weight excluding hydrogens is 244 g/mol. The van der Waals surface area contributed by atoms with Crippen molar-refractivity contribution in [3.8, 4) is 5.75 Å². The molecule has 0 spiro atoms. The van der Waals surface area contributed by atoms with E-state index in [1.54, 1.807) is 24.4 Å². The van der Waals surface area contributed by atoms with E-state index in [1.807, 2.05) is 0 Å². The van der Waals surface area contributed by atoms with E-state index in [1.165, 1.54) is 10.5 Å². The van der Waals surface area contributed by atoms with Gasteiger partial charge in [0.25, 0.3) is 0 Å². The minimum Gasteiger partial charge on any atom is -0.507 e. The largest absolute Gasteiger partial charge is 0.507 e. The first kappa shape index (κ1) is 11.5. The van der Waals surface area contributed by atoms with Crippen LogP contribution in [0.15, 0.2) is 35.5 Å². The average Bonchev–Trinajstić information content (AvgIpc) is 2.28. The summed E-state index contributed by atoms with van der Waals surface area (Å²) in [6.45, 7) is 0.426. The molecule has 0 unspecified atom stereocenters. The van der Waals surface area contributed by atoms with Gasteiger partial charge >= 0.3 is 5.97 Å². The summed E-state index contributed by atoms with van der Waals surface area (Å²) in [6, 6.07) is 4.41. The Balaban J connectivity index is 2.59. The normalized spacial score (nSPS) is 14.6. The van der Waals surface area contributed by atoms with Gasteiger partial charge in [0, 0.05) is 23.5 Å². The quantitative estimate of drug-likeness (QED) is 0.788. The lowest BCUT2D eigenvalue weighted by atomic mass is 10.0. The highest BCUT2D eigenvalue weighted by atomic mass is 35.5. The Morgan fingerprint density at radius 1 is 1.47 bits per heavy atom. The van der Waals surface area contributed by atoms with Gasteiger partial charge in [-0.25, -0.2) is 9.79 Å². The average molecular weight is 253 g/mol. The van der Waals surface area contributed by atoms with Gasteiger partial charge in [-0.05, 0) is 12.1 Å². The van der Waals surface area contributed by atoms with Gasteiger partial charge in [0.2, 0.25) is 0 Å². The number of halogens is 1. The second-order valence-electron chi connectivity index (χ2n) is 3.39. The van der Waals surface area contributed by atoms with Crippen molar-refractivity contribution >= 4 is 23.6 Å². The number of hydrogen-bond acceptors (Lipinski definition) is 4. The Morgan fingerprint density at radius 3 is 2.88 bits per heavy atom. The lowest BCUT2D eigenvalue weighted by Gasteiger charge is -2.20. The summed E-state index contributed by atoms with van der Waals surface area (Å²) in [6.07, 6.45) is 3.28. The lowest BCUT2D eigenvalue weighted by molar-refractivity contribution is 0.0693. The fraction of sp³-hybridized carbons (Fsp3) is 0.0909.